The first-order valence-corrected chi connectivity index (χ1v) is 13.0. The molecule has 2 N–H and O–H groups in total. The summed E-state index contributed by atoms with van der Waals surface area (Å²) in [6.07, 6.45) is 1.91. The van der Waals surface area contributed by atoms with Crippen molar-refractivity contribution < 1.29 is 14.3 Å². The second-order valence-corrected chi connectivity index (χ2v) is 14.2. The standard InChI is InChI=1S/C20H31N5O5Si/c1-19(2,3)31(4,5)30-15-20(21,13-16-9-7-6-8-10-16)11-12-23-14-17(24(26)27)22-18(23)25(28)29/h6-10,14H,11-13,15,21H2,1-5H3. The third-order valence-corrected chi connectivity index (χ3v) is 10.3. The van der Waals surface area contributed by atoms with E-state index in [-0.39, 0.29) is 18.2 Å². The van der Waals surface area contributed by atoms with E-state index in [1.165, 1.54) is 4.57 Å². The molecule has 0 spiro atoms. The van der Waals surface area contributed by atoms with Gasteiger partial charge in [0, 0.05) is 5.54 Å². The molecule has 1 aromatic carbocycles. The van der Waals surface area contributed by atoms with E-state index < -0.39 is 35.5 Å². The Kier molecular flexibility index (Phi) is 7.35. The molecule has 0 saturated heterocycles. The van der Waals surface area contributed by atoms with Crippen LogP contribution in [0, 0.1) is 20.2 Å². The smallest absolute Gasteiger partial charge is 0.415 e. The van der Waals surface area contributed by atoms with Crippen molar-refractivity contribution in [3.63, 3.8) is 0 Å². The molecule has 2 rings (SSSR count). The van der Waals surface area contributed by atoms with Gasteiger partial charge in [0.25, 0.3) is 0 Å². The zero-order valence-electron chi connectivity index (χ0n) is 18.7. The van der Waals surface area contributed by atoms with Crippen LogP contribution in [0.25, 0.3) is 0 Å². The van der Waals surface area contributed by atoms with Crippen molar-refractivity contribution in [3.8, 4) is 0 Å². The average Bonchev–Trinajstić information content (AvgIpc) is 3.10. The Labute approximate surface area is 182 Å². The highest BCUT2D eigenvalue weighted by Gasteiger charge is 2.40. The largest absolute Gasteiger partial charge is 0.438 e. The maximum absolute atomic E-state index is 11.3. The highest BCUT2D eigenvalue weighted by atomic mass is 28.4. The van der Waals surface area contributed by atoms with Crippen LogP contribution in [0.4, 0.5) is 11.8 Å². The van der Waals surface area contributed by atoms with Gasteiger partial charge < -0.3 is 30.4 Å². The number of nitrogens with zero attached hydrogens (tertiary/aromatic N) is 4. The lowest BCUT2D eigenvalue weighted by Crippen LogP contribution is -2.52. The molecule has 11 heteroatoms. The van der Waals surface area contributed by atoms with Gasteiger partial charge in [-0.1, -0.05) is 51.1 Å². The third-order valence-electron chi connectivity index (χ3n) is 5.87. The fourth-order valence-corrected chi connectivity index (χ4v) is 3.97. The summed E-state index contributed by atoms with van der Waals surface area (Å²) < 4.78 is 7.57. The zero-order valence-corrected chi connectivity index (χ0v) is 19.7. The minimum absolute atomic E-state index is 0.00437. The molecule has 170 valence electrons. The SMILES string of the molecule is CC(C)(C)[Si](C)(C)OCC(N)(CCn1cc([N+](=O)[O-])nc1[N+](=O)[O-])Cc1ccccc1. The first-order valence-electron chi connectivity index (χ1n) is 10.1. The number of benzene rings is 1. The van der Waals surface area contributed by atoms with Crippen molar-refractivity contribution in [2.75, 3.05) is 6.61 Å². The van der Waals surface area contributed by atoms with Crippen LogP contribution in [-0.2, 0) is 17.4 Å². The number of hydrogen-bond donors (Lipinski definition) is 1. The van der Waals surface area contributed by atoms with Crippen LogP contribution in [0.2, 0.25) is 18.1 Å². The molecule has 10 nitrogen and oxygen atoms in total. The molecule has 0 bridgehead atoms. The number of hydrogen-bond acceptors (Lipinski definition) is 7. The lowest BCUT2D eigenvalue weighted by molar-refractivity contribution is -0.403. The summed E-state index contributed by atoms with van der Waals surface area (Å²) in [4.78, 5) is 24.3. The second-order valence-electron chi connectivity index (χ2n) is 9.43. The highest BCUT2D eigenvalue weighted by molar-refractivity contribution is 6.74. The van der Waals surface area contributed by atoms with E-state index in [0.29, 0.717) is 12.8 Å². The number of imidazole rings is 1. The van der Waals surface area contributed by atoms with Crippen LogP contribution in [0.1, 0.15) is 32.8 Å². The summed E-state index contributed by atoms with van der Waals surface area (Å²) >= 11 is 0. The van der Waals surface area contributed by atoms with Crippen LogP contribution in [0.5, 0.6) is 0 Å². The monoisotopic (exact) mass is 449 g/mol. The van der Waals surface area contributed by atoms with Gasteiger partial charge in [-0.05, 0) is 51.4 Å². The van der Waals surface area contributed by atoms with Crippen LogP contribution in [0.15, 0.2) is 36.5 Å². The van der Waals surface area contributed by atoms with Gasteiger partial charge in [-0.15, -0.1) is 0 Å². The van der Waals surface area contributed by atoms with E-state index in [2.05, 4.69) is 38.8 Å². The van der Waals surface area contributed by atoms with Crippen LogP contribution >= 0.6 is 0 Å². The van der Waals surface area contributed by atoms with Gasteiger partial charge >= 0.3 is 11.8 Å². The van der Waals surface area contributed by atoms with E-state index in [9.17, 15) is 20.2 Å². The van der Waals surface area contributed by atoms with E-state index >= 15 is 0 Å². The maximum atomic E-state index is 11.3. The van der Waals surface area contributed by atoms with E-state index in [4.69, 9.17) is 10.2 Å². The number of nitrogens with two attached hydrogens (primary N) is 1. The van der Waals surface area contributed by atoms with E-state index in [1.807, 2.05) is 30.3 Å². The van der Waals surface area contributed by atoms with Gasteiger partial charge in [0.15, 0.2) is 14.5 Å². The molecule has 0 fully saturated rings. The van der Waals surface area contributed by atoms with E-state index in [1.54, 1.807) is 0 Å². The normalized spacial score (nSPS) is 14.3. The Bertz CT molecular complexity index is 926. The molecule has 0 saturated carbocycles. The van der Waals surface area contributed by atoms with Crippen molar-refractivity contribution in [1.82, 2.24) is 9.55 Å². The lowest BCUT2D eigenvalue weighted by Gasteiger charge is -2.40. The predicted octanol–water partition coefficient (Wildman–Crippen LogP) is 4.05. The summed E-state index contributed by atoms with van der Waals surface area (Å²) in [5, 5.41) is 22.3. The topological polar surface area (TPSA) is 139 Å². The van der Waals surface area contributed by atoms with Crippen molar-refractivity contribution in [1.29, 1.82) is 0 Å². The molecule has 0 radical (unpaired) electrons. The Morgan fingerprint density at radius 1 is 1.13 bits per heavy atom. The minimum Gasteiger partial charge on any atom is -0.415 e. The summed E-state index contributed by atoms with van der Waals surface area (Å²) in [5.74, 6) is -1.13. The predicted molar refractivity (Wildman–Crippen MR) is 120 cm³/mol. The Balaban J connectivity index is 2.27. The summed E-state index contributed by atoms with van der Waals surface area (Å²) in [5.41, 5.74) is 6.99. The Morgan fingerprint density at radius 2 is 1.74 bits per heavy atom. The minimum atomic E-state index is -2.08. The molecule has 0 aliphatic rings. The Hall–Kier alpha value is -2.63. The number of nitro groups is 2. The van der Waals surface area contributed by atoms with Crippen molar-refractivity contribution >= 4 is 20.1 Å². The van der Waals surface area contributed by atoms with Gasteiger partial charge in [-0.2, -0.15) is 0 Å². The molecule has 0 aliphatic carbocycles. The van der Waals surface area contributed by atoms with Crippen LogP contribution in [0.3, 0.4) is 0 Å². The van der Waals surface area contributed by atoms with Crippen molar-refractivity contribution in [2.24, 2.45) is 5.73 Å². The number of aromatic nitrogens is 2. The summed E-state index contributed by atoms with van der Waals surface area (Å²) in [6, 6.07) is 9.71. The molecule has 2 aromatic rings. The highest BCUT2D eigenvalue weighted by Crippen LogP contribution is 2.37. The first kappa shape index (κ1) is 24.6. The number of aryl methyl sites for hydroxylation is 1. The number of rotatable bonds is 10. The first-order chi connectivity index (χ1) is 14.2. The van der Waals surface area contributed by atoms with Crippen LogP contribution < -0.4 is 5.73 Å². The van der Waals surface area contributed by atoms with Gasteiger partial charge in [-0.25, -0.2) is 4.57 Å². The zero-order chi connectivity index (χ0) is 23.4. The van der Waals surface area contributed by atoms with Gasteiger partial charge in [-0.3, -0.25) is 0 Å². The summed E-state index contributed by atoms with van der Waals surface area (Å²) in [6.45, 7) is 11.1. The van der Waals surface area contributed by atoms with Crippen molar-refractivity contribution in [2.45, 2.75) is 63.8 Å². The quantitative estimate of drug-likeness (QED) is 0.328. The van der Waals surface area contributed by atoms with Gasteiger partial charge in [0.2, 0.25) is 0 Å². The molecule has 31 heavy (non-hydrogen) atoms. The average molecular weight is 450 g/mol. The van der Waals surface area contributed by atoms with E-state index in [0.717, 1.165) is 11.8 Å². The molecule has 1 aromatic heterocycles. The second kappa shape index (κ2) is 9.24. The van der Waals surface area contributed by atoms with Crippen molar-refractivity contribution in [3.05, 3.63) is 62.3 Å². The Morgan fingerprint density at radius 3 is 2.26 bits per heavy atom. The lowest BCUT2D eigenvalue weighted by atomic mass is 9.89. The van der Waals surface area contributed by atoms with Gasteiger partial charge in [0.05, 0.1) is 13.2 Å². The molecule has 1 atom stereocenters. The summed E-state index contributed by atoms with van der Waals surface area (Å²) in [7, 11) is -2.08. The third kappa shape index (κ3) is 6.42. The fraction of sp³-hybridized carbons (Fsp3) is 0.550. The molecular formula is C20H31N5O5Si. The molecule has 1 heterocycles. The maximum Gasteiger partial charge on any atom is 0.438 e. The molecule has 1 unspecified atom stereocenters. The van der Waals surface area contributed by atoms with Gasteiger partial charge in [0.1, 0.15) is 0 Å². The molecule has 0 aliphatic heterocycles. The van der Waals surface area contributed by atoms with Crippen LogP contribution in [-0.4, -0.2) is 39.9 Å². The fourth-order valence-electron chi connectivity index (χ4n) is 2.89. The molecular weight excluding hydrogens is 418 g/mol. The molecule has 0 amide bonds.